The molecule has 1 amide bonds. The Bertz CT molecular complexity index is 975. The normalized spacial score (nSPS) is 15.8. The molecule has 2 heterocycles. The van der Waals surface area contributed by atoms with Gasteiger partial charge in [0.05, 0.1) is 4.90 Å². The third kappa shape index (κ3) is 3.54. The average Bonchev–Trinajstić information content (AvgIpc) is 2.64. The van der Waals surface area contributed by atoms with Gasteiger partial charge >= 0.3 is 0 Å². The highest BCUT2D eigenvalue weighted by Crippen LogP contribution is 2.18. The summed E-state index contributed by atoms with van der Waals surface area (Å²) in [5.74, 6) is -0.312. The fourth-order valence-electron chi connectivity index (χ4n) is 2.77. The van der Waals surface area contributed by atoms with Crippen LogP contribution < -0.4 is 5.56 Å². The Morgan fingerprint density at radius 2 is 1.62 bits per heavy atom. The number of hydrogen-bond acceptors (Lipinski definition) is 5. The van der Waals surface area contributed by atoms with E-state index in [9.17, 15) is 18.0 Å². The average molecular weight is 376 g/mol. The molecule has 1 saturated heterocycles. The number of rotatable bonds is 3. The summed E-state index contributed by atoms with van der Waals surface area (Å²) in [6, 6.07) is 9.39. The molecule has 8 nitrogen and oxygen atoms in total. The van der Waals surface area contributed by atoms with Gasteiger partial charge in [0.25, 0.3) is 11.5 Å². The summed E-state index contributed by atoms with van der Waals surface area (Å²) in [6.45, 7) is 2.87. The molecular weight excluding hydrogens is 356 g/mol. The molecule has 0 atom stereocenters. The van der Waals surface area contributed by atoms with Crippen LogP contribution in [0.4, 0.5) is 0 Å². The Kier molecular flexibility index (Phi) is 4.92. The van der Waals surface area contributed by atoms with Crippen LogP contribution in [-0.2, 0) is 17.1 Å². The third-order valence-corrected chi connectivity index (χ3v) is 6.28. The molecular formula is C17H20N4O4S. The first kappa shape index (κ1) is 18.3. The minimum Gasteiger partial charge on any atom is -0.335 e. The first-order chi connectivity index (χ1) is 12.3. The van der Waals surface area contributed by atoms with Crippen molar-refractivity contribution in [2.75, 3.05) is 26.2 Å². The Hall–Kier alpha value is -2.52. The van der Waals surface area contributed by atoms with Crippen molar-refractivity contribution in [1.29, 1.82) is 0 Å². The zero-order chi connectivity index (χ0) is 18.9. The van der Waals surface area contributed by atoms with Crippen LogP contribution in [0.1, 0.15) is 16.1 Å². The lowest BCUT2D eigenvalue weighted by molar-refractivity contribution is 0.0689. The number of sulfonamides is 1. The highest BCUT2D eigenvalue weighted by Gasteiger charge is 2.30. The Morgan fingerprint density at radius 1 is 1.00 bits per heavy atom. The van der Waals surface area contributed by atoms with E-state index >= 15 is 0 Å². The molecule has 2 aromatic rings. The SMILES string of the molecule is Cc1ccc(S(=O)(=O)N2CCN(C(=O)c3ccc(=O)n(C)n3)CC2)cc1. The van der Waals surface area contributed by atoms with Crippen LogP contribution in [0, 0.1) is 6.92 Å². The first-order valence-electron chi connectivity index (χ1n) is 8.19. The van der Waals surface area contributed by atoms with Crippen molar-refractivity contribution in [2.45, 2.75) is 11.8 Å². The molecule has 0 spiro atoms. The second-order valence-corrected chi connectivity index (χ2v) is 8.13. The summed E-state index contributed by atoms with van der Waals surface area (Å²) in [4.78, 5) is 25.7. The van der Waals surface area contributed by atoms with E-state index in [1.807, 2.05) is 6.92 Å². The van der Waals surface area contributed by atoms with E-state index < -0.39 is 10.0 Å². The summed E-state index contributed by atoms with van der Waals surface area (Å²) >= 11 is 0. The molecule has 26 heavy (non-hydrogen) atoms. The van der Waals surface area contributed by atoms with E-state index in [0.717, 1.165) is 10.2 Å². The second kappa shape index (κ2) is 7.00. The maximum Gasteiger partial charge on any atom is 0.274 e. The number of carbonyl (C=O) groups excluding carboxylic acids is 1. The molecule has 0 saturated carbocycles. The van der Waals surface area contributed by atoms with Gasteiger partial charge in [0.2, 0.25) is 10.0 Å². The fourth-order valence-corrected chi connectivity index (χ4v) is 4.19. The number of hydrogen-bond donors (Lipinski definition) is 0. The summed E-state index contributed by atoms with van der Waals surface area (Å²) in [6.07, 6.45) is 0. The highest BCUT2D eigenvalue weighted by molar-refractivity contribution is 7.89. The van der Waals surface area contributed by atoms with Crippen LogP contribution in [0.2, 0.25) is 0 Å². The topological polar surface area (TPSA) is 92.6 Å². The molecule has 0 bridgehead atoms. The minimum atomic E-state index is -3.57. The molecule has 9 heteroatoms. The minimum absolute atomic E-state index is 0.168. The first-order valence-corrected chi connectivity index (χ1v) is 9.63. The molecule has 1 aromatic heterocycles. The number of nitrogens with zero attached hydrogens (tertiary/aromatic N) is 4. The zero-order valence-electron chi connectivity index (χ0n) is 14.6. The summed E-state index contributed by atoms with van der Waals surface area (Å²) < 4.78 is 27.9. The number of benzene rings is 1. The monoisotopic (exact) mass is 376 g/mol. The maximum absolute atomic E-state index is 12.7. The van der Waals surface area contributed by atoms with Crippen molar-refractivity contribution < 1.29 is 13.2 Å². The Morgan fingerprint density at radius 3 is 2.19 bits per heavy atom. The molecule has 0 unspecified atom stereocenters. The summed E-state index contributed by atoms with van der Waals surface area (Å²) in [5.41, 5.74) is 0.863. The van der Waals surface area contributed by atoms with Crippen LogP contribution >= 0.6 is 0 Å². The number of aromatic nitrogens is 2. The van der Waals surface area contributed by atoms with Crippen molar-refractivity contribution in [2.24, 2.45) is 7.05 Å². The maximum atomic E-state index is 12.7. The third-order valence-electron chi connectivity index (χ3n) is 4.36. The number of carbonyl (C=O) groups is 1. The zero-order valence-corrected chi connectivity index (χ0v) is 15.4. The van der Waals surface area contributed by atoms with Gasteiger partial charge in [0.15, 0.2) is 0 Å². The molecule has 0 radical (unpaired) electrons. The highest BCUT2D eigenvalue weighted by atomic mass is 32.2. The van der Waals surface area contributed by atoms with Gasteiger partial charge in [-0.1, -0.05) is 17.7 Å². The fraction of sp³-hybridized carbons (Fsp3) is 0.353. The van der Waals surface area contributed by atoms with Crippen LogP contribution in [0.5, 0.6) is 0 Å². The largest absolute Gasteiger partial charge is 0.335 e. The quantitative estimate of drug-likeness (QED) is 0.765. The molecule has 1 aliphatic heterocycles. The molecule has 138 valence electrons. The van der Waals surface area contributed by atoms with Crippen LogP contribution in [0.15, 0.2) is 46.1 Å². The van der Waals surface area contributed by atoms with Gasteiger partial charge in [-0.15, -0.1) is 0 Å². The molecule has 1 fully saturated rings. The van der Waals surface area contributed by atoms with Gasteiger partial charge < -0.3 is 4.90 Å². The summed E-state index contributed by atoms with van der Waals surface area (Å²) in [5, 5.41) is 3.95. The predicted molar refractivity (Wildman–Crippen MR) is 95.3 cm³/mol. The van der Waals surface area contributed by atoms with E-state index in [4.69, 9.17) is 0 Å². The standard InChI is InChI=1S/C17H20N4O4S/c1-13-3-5-14(6-4-13)26(24,25)21-11-9-20(10-12-21)17(23)15-7-8-16(22)19(2)18-15/h3-8H,9-12H2,1-2H3. The molecule has 1 aromatic carbocycles. The molecule has 0 aliphatic carbocycles. The van der Waals surface area contributed by atoms with Crippen molar-refractivity contribution in [3.63, 3.8) is 0 Å². The number of piperazine rings is 1. The van der Waals surface area contributed by atoms with Crippen LogP contribution in [0.25, 0.3) is 0 Å². The van der Waals surface area contributed by atoms with E-state index in [1.54, 1.807) is 29.2 Å². The number of aryl methyl sites for hydroxylation is 2. The number of amides is 1. The smallest absolute Gasteiger partial charge is 0.274 e. The van der Waals surface area contributed by atoms with Gasteiger partial charge in [-0.2, -0.15) is 9.40 Å². The van der Waals surface area contributed by atoms with Gasteiger partial charge in [-0.25, -0.2) is 13.1 Å². The van der Waals surface area contributed by atoms with Gasteiger partial charge in [-0.05, 0) is 25.1 Å². The van der Waals surface area contributed by atoms with Crippen molar-refractivity contribution in [3.8, 4) is 0 Å². The van der Waals surface area contributed by atoms with E-state index in [-0.39, 0.29) is 48.2 Å². The van der Waals surface area contributed by atoms with Crippen LogP contribution in [-0.4, -0.2) is 59.5 Å². The molecule has 1 aliphatic rings. The van der Waals surface area contributed by atoms with Gasteiger partial charge in [0, 0.05) is 39.3 Å². The molecule has 3 rings (SSSR count). The second-order valence-electron chi connectivity index (χ2n) is 6.19. The van der Waals surface area contributed by atoms with E-state index in [1.165, 1.54) is 23.5 Å². The molecule has 0 N–H and O–H groups in total. The van der Waals surface area contributed by atoms with Crippen molar-refractivity contribution >= 4 is 15.9 Å². The summed E-state index contributed by atoms with van der Waals surface area (Å²) in [7, 11) is -2.09. The lowest BCUT2D eigenvalue weighted by Gasteiger charge is -2.33. The lowest BCUT2D eigenvalue weighted by atomic mass is 10.2. The van der Waals surface area contributed by atoms with E-state index in [0.29, 0.717) is 0 Å². The van der Waals surface area contributed by atoms with Crippen LogP contribution in [0.3, 0.4) is 0 Å². The lowest BCUT2D eigenvalue weighted by Crippen LogP contribution is -2.50. The van der Waals surface area contributed by atoms with Crippen molar-refractivity contribution in [1.82, 2.24) is 19.0 Å². The van der Waals surface area contributed by atoms with E-state index in [2.05, 4.69) is 5.10 Å². The van der Waals surface area contributed by atoms with Gasteiger partial charge in [-0.3, -0.25) is 9.59 Å². The van der Waals surface area contributed by atoms with Crippen molar-refractivity contribution in [3.05, 3.63) is 58.0 Å². The van der Waals surface area contributed by atoms with Gasteiger partial charge in [0.1, 0.15) is 5.69 Å². The Labute approximate surface area is 151 Å². The predicted octanol–water partition coefficient (Wildman–Crippen LogP) is 0.235. The Balaban J connectivity index is 1.70.